The van der Waals surface area contributed by atoms with Crippen molar-refractivity contribution in [3.63, 3.8) is 0 Å². The number of hydrogen-bond donors (Lipinski definition) is 1. The predicted octanol–water partition coefficient (Wildman–Crippen LogP) is 2.26. The van der Waals surface area contributed by atoms with E-state index in [2.05, 4.69) is 26.9 Å². The monoisotopic (exact) mass is 323 g/mol. The Labute approximate surface area is 122 Å². The molecule has 1 aromatic rings. The van der Waals surface area contributed by atoms with Crippen molar-refractivity contribution in [2.75, 3.05) is 25.1 Å². The van der Waals surface area contributed by atoms with Crippen LogP contribution in [-0.2, 0) is 4.74 Å². The van der Waals surface area contributed by atoms with Crippen molar-refractivity contribution >= 4 is 21.6 Å². The van der Waals surface area contributed by atoms with Crippen LogP contribution in [0.25, 0.3) is 0 Å². The molecule has 0 aliphatic carbocycles. The van der Waals surface area contributed by atoms with Gasteiger partial charge in [0.25, 0.3) is 0 Å². The largest absolute Gasteiger partial charge is 0.381 e. The lowest BCUT2D eigenvalue weighted by Gasteiger charge is -2.40. The number of hydrogen-bond acceptors (Lipinski definition) is 4. The van der Waals surface area contributed by atoms with Gasteiger partial charge in [-0.05, 0) is 31.0 Å². The number of rotatable bonds is 3. The molecule has 0 radical (unpaired) electrons. The fourth-order valence-corrected chi connectivity index (χ4v) is 3.08. The normalized spacial score (nSPS) is 23.2. The van der Waals surface area contributed by atoms with Crippen LogP contribution in [0.2, 0.25) is 0 Å². The maximum atomic E-state index is 9.05. The first kappa shape index (κ1) is 14.3. The number of benzene rings is 1. The third-order valence-corrected chi connectivity index (χ3v) is 4.07. The van der Waals surface area contributed by atoms with E-state index in [0.29, 0.717) is 12.1 Å². The zero-order valence-corrected chi connectivity index (χ0v) is 12.6. The topological polar surface area (TPSA) is 62.3 Å². The summed E-state index contributed by atoms with van der Waals surface area (Å²) in [6.45, 7) is 1.50. The fraction of sp³-hybridized carbons (Fsp3) is 0.500. The molecule has 0 amide bonds. The maximum Gasteiger partial charge on any atom is 0.0992 e. The number of halogens is 1. The summed E-state index contributed by atoms with van der Waals surface area (Å²) in [5.74, 6) is 0. The molecule has 102 valence electrons. The lowest BCUT2D eigenvalue weighted by Crippen LogP contribution is -2.48. The first-order valence-electron chi connectivity index (χ1n) is 6.38. The molecule has 2 atom stereocenters. The fourth-order valence-electron chi connectivity index (χ4n) is 2.60. The Kier molecular flexibility index (Phi) is 4.81. The number of nitrogens with zero attached hydrogens (tertiary/aromatic N) is 2. The van der Waals surface area contributed by atoms with Gasteiger partial charge in [-0.1, -0.05) is 15.9 Å². The summed E-state index contributed by atoms with van der Waals surface area (Å²) in [6.07, 6.45) is 2.20. The van der Waals surface area contributed by atoms with E-state index in [1.165, 1.54) is 0 Å². The first-order chi connectivity index (χ1) is 9.17. The summed E-state index contributed by atoms with van der Waals surface area (Å²) in [7, 11) is 1.75. The van der Waals surface area contributed by atoms with Crippen LogP contribution in [0.1, 0.15) is 18.4 Å². The molecular weight excluding hydrogens is 306 g/mol. The number of piperidine rings is 1. The first-order valence-corrected chi connectivity index (χ1v) is 7.17. The highest BCUT2D eigenvalue weighted by Gasteiger charge is 2.27. The molecule has 4 nitrogen and oxygen atoms in total. The van der Waals surface area contributed by atoms with Gasteiger partial charge in [0.2, 0.25) is 0 Å². The van der Waals surface area contributed by atoms with Crippen molar-refractivity contribution in [3.05, 3.63) is 28.2 Å². The summed E-state index contributed by atoms with van der Waals surface area (Å²) >= 11 is 3.45. The minimum atomic E-state index is 0.263. The van der Waals surface area contributed by atoms with Crippen molar-refractivity contribution in [1.82, 2.24) is 0 Å². The van der Waals surface area contributed by atoms with Gasteiger partial charge in [0.1, 0.15) is 0 Å². The molecule has 1 aliphatic rings. The highest BCUT2D eigenvalue weighted by molar-refractivity contribution is 9.10. The van der Waals surface area contributed by atoms with Crippen LogP contribution in [0.5, 0.6) is 0 Å². The molecule has 2 N–H and O–H groups in total. The molecule has 0 saturated carbocycles. The highest BCUT2D eigenvalue weighted by Crippen LogP contribution is 2.29. The Balaban J connectivity index is 2.25. The number of anilines is 1. The van der Waals surface area contributed by atoms with Gasteiger partial charge < -0.3 is 15.4 Å². The van der Waals surface area contributed by atoms with E-state index in [0.717, 1.165) is 29.5 Å². The molecule has 2 unspecified atom stereocenters. The molecule has 1 fully saturated rings. The lowest BCUT2D eigenvalue weighted by atomic mass is 9.98. The molecule has 1 saturated heterocycles. The maximum absolute atomic E-state index is 9.05. The molecule has 5 heteroatoms. The van der Waals surface area contributed by atoms with Crippen molar-refractivity contribution in [3.8, 4) is 6.07 Å². The zero-order chi connectivity index (χ0) is 13.8. The highest BCUT2D eigenvalue weighted by atomic mass is 79.9. The number of methoxy groups -OCH3 is 1. The second kappa shape index (κ2) is 6.38. The Hall–Kier alpha value is -1.09. The number of nitriles is 1. The van der Waals surface area contributed by atoms with E-state index in [1.807, 2.05) is 18.2 Å². The summed E-state index contributed by atoms with van der Waals surface area (Å²) < 4.78 is 6.35. The smallest absolute Gasteiger partial charge is 0.0992 e. The predicted molar refractivity (Wildman–Crippen MR) is 79.1 cm³/mol. The van der Waals surface area contributed by atoms with E-state index in [1.54, 1.807) is 7.11 Å². The number of nitrogens with two attached hydrogens (primary N) is 1. The van der Waals surface area contributed by atoms with Gasteiger partial charge in [0.05, 0.1) is 17.7 Å². The molecule has 1 aromatic carbocycles. The lowest BCUT2D eigenvalue weighted by molar-refractivity contribution is 0.0709. The Bertz CT molecular complexity index is 486. The van der Waals surface area contributed by atoms with E-state index in [9.17, 15) is 0 Å². The molecule has 1 heterocycles. The third-order valence-electron chi connectivity index (χ3n) is 3.62. The zero-order valence-electron chi connectivity index (χ0n) is 11.0. The Morgan fingerprint density at radius 3 is 2.95 bits per heavy atom. The van der Waals surface area contributed by atoms with E-state index >= 15 is 0 Å². The van der Waals surface area contributed by atoms with Gasteiger partial charge in [-0.2, -0.15) is 5.26 Å². The summed E-state index contributed by atoms with van der Waals surface area (Å²) in [6, 6.07) is 8.23. The van der Waals surface area contributed by atoms with E-state index < -0.39 is 0 Å². The van der Waals surface area contributed by atoms with Gasteiger partial charge in [0.15, 0.2) is 0 Å². The van der Waals surface area contributed by atoms with Gasteiger partial charge >= 0.3 is 0 Å². The van der Waals surface area contributed by atoms with Crippen LogP contribution in [0, 0.1) is 11.3 Å². The summed E-state index contributed by atoms with van der Waals surface area (Å²) in [4.78, 5) is 2.28. The molecule has 0 spiro atoms. The minimum Gasteiger partial charge on any atom is -0.381 e. The Morgan fingerprint density at radius 2 is 2.32 bits per heavy atom. The minimum absolute atomic E-state index is 0.263. The molecule has 0 aromatic heterocycles. The van der Waals surface area contributed by atoms with Gasteiger partial charge in [-0.15, -0.1) is 0 Å². The molecule has 0 bridgehead atoms. The SMILES string of the molecule is COC1CCN(c2cc(Br)cc(C#N)c2)C(CN)C1. The van der Waals surface area contributed by atoms with Gasteiger partial charge in [0, 0.05) is 36.4 Å². The van der Waals surface area contributed by atoms with Crippen LogP contribution in [0.4, 0.5) is 5.69 Å². The van der Waals surface area contributed by atoms with Crippen LogP contribution >= 0.6 is 15.9 Å². The third kappa shape index (κ3) is 3.27. The average Bonchev–Trinajstić information content (AvgIpc) is 2.45. The Morgan fingerprint density at radius 1 is 1.53 bits per heavy atom. The number of ether oxygens (including phenoxy) is 1. The van der Waals surface area contributed by atoms with Crippen molar-refractivity contribution in [2.24, 2.45) is 5.73 Å². The van der Waals surface area contributed by atoms with E-state index in [-0.39, 0.29) is 12.1 Å². The molecule has 19 heavy (non-hydrogen) atoms. The molecular formula is C14H18BrN3O. The second-order valence-electron chi connectivity index (χ2n) is 4.77. The summed E-state index contributed by atoms with van der Waals surface area (Å²) in [5.41, 5.74) is 7.60. The van der Waals surface area contributed by atoms with Crippen molar-refractivity contribution in [2.45, 2.75) is 25.0 Å². The molecule has 1 aliphatic heterocycles. The average molecular weight is 324 g/mol. The van der Waals surface area contributed by atoms with Gasteiger partial charge in [-0.25, -0.2) is 0 Å². The van der Waals surface area contributed by atoms with Gasteiger partial charge in [-0.3, -0.25) is 0 Å². The van der Waals surface area contributed by atoms with E-state index in [4.69, 9.17) is 15.7 Å². The van der Waals surface area contributed by atoms with Crippen LogP contribution in [0.3, 0.4) is 0 Å². The van der Waals surface area contributed by atoms with Crippen LogP contribution in [-0.4, -0.2) is 32.3 Å². The van der Waals surface area contributed by atoms with Crippen LogP contribution in [0.15, 0.2) is 22.7 Å². The van der Waals surface area contributed by atoms with Crippen LogP contribution < -0.4 is 10.6 Å². The summed E-state index contributed by atoms with van der Waals surface area (Å²) in [5, 5.41) is 9.05. The van der Waals surface area contributed by atoms with Crippen molar-refractivity contribution < 1.29 is 4.74 Å². The quantitative estimate of drug-likeness (QED) is 0.926. The second-order valence-corrected chi connectivity index (χ2v) is 5.69. The standard InChI is InChI=1S/C14H18BrN3O/c1-19-14-2-3-18(13(7-14)9-17)12-5-10(8-16)4-11(15)6-12/h4-6,13-14H,2-3,7,9,17H2,1H3. The van der Waals surface area contributed by atoms with Crippen molar-refractivity contribution in [1.29, 1.82) is 5.26 Å². The molecule has 2 rings (SSSR count).